The van der Waals surface area contributed by atoms with E-state index in [1.165, 1.54) is 14.2 Å². The monoisotopic (exact) mass is 503 g/mol. The first-order valence-electron chi connectivity index (χ1n) is 12.0. The van der Waals surface area contributed by atoms with Gasteiger partial charge in [0.15, 0.2) is 11.5 Å². The maximum atomic E-state index is 13.6. The summed E-state index contributed by atoms with van der Waals surface area (Å²) in [6.07, 6.45) is 0.164. The van der Waals surface area contributed by atoms with Gasteiger partial charge in [-0.15, -0.1) is 0 Å². The first kappa shape index (κ1) is 25.8. The molecule has 0 saturated heterocycles. The molecule has 0 bridgehead atoms. The van der Waals surface area contributed by atoms with Crippen LogP contribution in [0.15, 0.2) is 60.7 Å². The number of carbonyl (C=O) groups excluding carboxylic acids is 3. The number of nitrogens with zero attached hydrogens (tertiary/aromatic N) is 1. The zero-order valence-electron chi connectivity index (χ0n) is 21.3. The number of carbonyl (C=O) groups is 3. The Morgan fingerprint density at radius 2 is 1.32 bits per heavy atom. The lowest BCUT2D eigenvalue weighted by atomic mass is 9.86. The van der Waals surface area contributed by atoms with E-state index in [2.05, 4.69) is 0 Å². The van der Waals surface area contributed by atoms with Crippen LogP contribution in [-0.4, -0.2) is 45.3 Å². The van der Waals surface area contributed by atoms with E-state index in [9.17, 15) is 14.4 Å². The predicted molar refractivity (Wildman–Crippen MR) is 137 cm³/mol. The third-order valence-corrected chi connectivity index (χ3v) is 6.18. The largest absolute Gasteiger partial charge is 0.490 e. The summed E-state index contributed by atoms with van der Waals surface area (Å²) < 4.78 is 21.3. The molecule has 8 nitrogen and oxygen atoms in total. The summed E-state index contributed by atoms with van der Waals surface area (Å²) >= 11 is 0. The fraction of sp³-hybridized carbons (Fsp3) is 0.276. The van der Waals surface area contributed by atoms with Crippen molar-refractivity contribution in [3.63, 3.8) is 0 Å². The molecule has 0 N–H and O–H groups in total. The number of anilines is 1. The van der Waals surface area contributed by atoms with Crippen molar-refractivity contribution in [3.8, 4) is 11.5 Å². The molecule has 3 aromatic rings. The van der Waals surface area contributed by atoms with Crippen molar-refractivity contribution >= 4 is 23.5 Å². The summed E-state index contributed by atoms with van der Waals surface area (Å²) in [5, 5.41) is 0. The number of benzene rings is 3. The Morgan fingerprint density at radius 1 is 0.811 bits per heavy atom. The SMILES string of the molecule is CCOc1cc2c(cc1OCC)[C@@H](c1ccc(C(=O)OC)cc1)N(c1ccc(C(=O)OC)cc1)C(=O)C2. The van der Waals surface area contributed by atoms with Gasteiger partial charge in [0, 0.05) is 5.69 Å². The Morgan fingerprint density at radius 3 is 1.84 bits per heavy atom. The zero-order chi connectivity index (χ0) is 26.5. The van der Waals surface area contributed by atoms with Crippen LogP contribution in [-0.2, 0) is 20.7 Å². The normalized spacial score (nSPS) is 14.5. The van der Waals surface area contributed by atoms with Crippen molar-refractivity contribution in [2.24, 2.45) is 0 Å². The molecular formula is C29H29NO7. The van der Waals surface area contributed by atoms with Crippen LogP contribution in [0.3, 0.4) is 0 Å². The molecule has 3 aromatic carbocycles. The summed E-state index contributed by atoms with van der Waals surface area (Å²) in [6.45, 7) is 4.71. The van der Waals surface area contributed by atoms with Crippen LogP contribution in [0.4, 0.5) is 5.69 Å². The number of rotatable bonds is 8. The van der Waals surface area contributed by atoms with Crippen LogP contribution >= 0.6 is 0 Å². The molecule has 192 valence electrons. The highest BCUT2D eigenvalue weighted by Gasteiger charge is 2.36. The zero-order valence-corrected chi connectivity index (χ0v) is 21.3. The minimum Gasteiger partial charge on any atom is -0.490 e. The number of hydrogen-bond donors (Lipinski definition) is 0. The van der Waals surface area contributed by atoms with Crippen molar-refractivity contribution in [1.29, 1.82) is 0 Å². The average molecular weight is 504 g/mol. The molecule has 4 rings (SSSR count). The standard InChI is InChI=1S/C29H29NO7/c1-5-36-24-15-21-16-26(31)30(22-13-11-20(12-14-22)29(33)35-4)27(23(21)17-25(24)37-6-2)18-7-9-19(10-8-18)28(32)34-3/h7-15,17,27H,5-6,16H2,1-4H3/t27-/m1/s1. The molecule has 1 aliphatic heterocycles. The van der Waals surface area contributed by atoms with E-state index in [0.29, 0.717) is 41.5 Å². The van der Waals surface area contributed by atoms with Gasteiger partial charge < -0.3 is 23.8 Å². The number of fused-ring (bicyclic) bond motifs is 1. The van der Waals surface area contributed by atoms with Gasteiger partial charge in [-0.25, -0.2) is 9.59 Å². The lowest BCUT2D eigenvalue weighted by molar-refractivity contribution is -0.118. The van der Waals surface area contributed by atoms with E-state index in [0.717, 1.165) is 16.7 Å². The van der Waals surface area contributed by atoms with Crippen molar-refractivity contribution in [2.45, 2.75) is 26.3 Å². The number of esters is 2. The van der Waals surface area contributed by atoms with Crippen LogP contribution in [0.1, 0.15) is 57.3 Å². The second-order valence-electron chi connectivity index (χ2n) is 8.36. The van der Waals surface area contributed by atoms with E-state index in [4.69, 9.17) is 18.9 Å². The fourth-order valence-corrected chi connectivity index (χ4v) is 4.51. The first-order valence-corrected chi connectivity index (χ1v) is 12.0. The molecule has 0 fully saturated rings. The second kappa shape index (κ2) is 11.2. The number of ether oxygens (including phenoxy) is 4. The van der Waals surface area contributed by atoms with E-state index in [-0.39, 0.29) is 12.3 Å². The quantitative estimate of drug-likeness (QED) is 0.410. The van der Waals surface area contributed by atoms with Gasteiger partial charge in [-0.3, -0.25) is 4.79 Å². The lowest BCUT2D eigenvalue weighted by Crippen LogP contribution is -2.41. The van der Waals surface area contributed by atoms with Crippen molar-refractivity contribution in [2.75, 3.05) is 32.3 Å². The summed E-state index contributed by atoms with van der Waals surface area (Å²) in [7, 11) is 2.65. The van der Waals surface area contributed by atoms with Gasteiger partial charge in [-0.1, -0.05) is 12.1 Å². The Balaban J connectivity index is 1.87. The molecule has 1 heterocycles. The fourth-order valence-electron chi connectivity index (χ4n) is 4.51. The minimum atomic E-state index is -0.512. The van der Waals surface area contributed by atoms with Crippen LogP contribution in [0.5, 0.6) is 11.5 Å². The van der Waals surface area contributed by atoms with E-state index < -0.39 is 18.0 Å². The Hall–Kier alpha value is -4.33. The van der Waals surface area contributed by atoms with E-state index in [1.54, 1.807) is 41.3 Å². The molecule has 1 amide bonds. The number of methoxy groups -OCH3 is 2. The predicted octanol–water partition coefficient (Wildman–Crippen LogP) is 4.74. The van der Waals surface area contributed by atoms with Gasteiger partial charge in [0.25, 0.3) is 0 Å². The smallest absolute Gasteiger partial charge is 0.337 e. The van der Waals surface area contributed by atoms with Crippen LogP contribution in [0, 0.1) is 0 Å². The lowest BCUT2D eigenvalue weighted by Gasteiger charge is -2.38. The van der Waals surface area contributed by atoms with Crippen molar-refractivity contribution < 1.29 is 33.3 Å². The molecule has 37 heavy (non-hydrogen) atoms. The highest BCUT2D eigenvalue weighted by Crippen LogP contribution is 2.43. The molecule has 0 aromatic heterocycles. The van der Waals surface area contributed by atoms with Gasteiger partial charge >= 0.3 is 11.9 Å². The first-order chi connectivity index (χ1) is 17.9. The molecular weight excluding hydrogens is 474 g/mol. The maximum Gasteiger partial charge on any atom is 0.337 e. The summed E-state index contributed by atoms with van der Waals surface area (Å²) in [6, 6.07) is 17.0. The second-order valence-corrected chi connectivity index (χ2v) is 8.36. The van der Waals surface area contributed by atoms with Gasteiger partial charge in [0.05, 0.1) is 51.0 Å². The van der Waals surface area contributed by atoms with E-state index >= 15 is 0 Å². The van der Waals surface area contributed by atoms with Gasteiger partial charge in [-0.2, -0.15) is 0 Å². The Kier molecular flexibility index (Phi) is 7.77. The highest BCUT2D eigenvalue weighted by molar-refractivity contribution is 5.99. The Labute approximate surface area is 215 Å². The molecule has 0 spiro atoms. The molecule has 8 heteroatoms. The van der Waals surface area contributed by atoms with Gasteiger partial charge in [0.1, 0.15) is 0 Å². The van der Waals surface area contributed by atoms with Crippen LogP contribution in [0.25, 0.3) is 0 Å². The van der Waals surface area contributed by atoms with Crippen molar-refractivity contribution in [1.82, 2.24) is 0 Å². The topological polar surface area (TPSA) is 91.4 Å². The molecule has 0 radical (unpaired) electrons. The molecule has 1 aliphatic rings. The van der Waals surface area contributed by atoms with Crippen LogP contribution in [0.2, 0.25) is 0 Å². The number of hydrogen-bond acceptors (Lipinski definition) is 7. The minimum absolute atomic E-state index is 0.119. The highest BCUT2D eigenvalue weighted by atomic mass is 16.5. The van der Waals surface area contributed by atoms with Gasteiger partial charge in [0.2, 0.25) is 5.91 Å². The third kappa shape index (κ3) is 5.14. The molecule has 0 saturated carbocycles. The Bertz CT molecular complexity index is 1300. The summed E-state index contributed by atoms with van der Waals surface area (Å²) in [5.74, 6) is 0.164. The summed E-state index contributed by atoms with van der Waals surface area (Å²) in [4.78, 5) is 39.3. The molecule has 0 aliphatic carbocycles. The summed E-state index contributed by atoms with van der Waals surface area (Å²) in [5.41, 5.74) is 3.93. The van der Waals surface area contributed by atoms with Crippen molar-refractivity contribution in [3.05, 3.63) is 88.5 Å². The van der Waals surface area contributed by atoms with E-state index in [1.807, 2.05) is 38.1 Å². The van der Waals surface area contributed by atoms with Crippen LogP contribution < -0.4 is 14.4 Å². The molecule has 0 unspecified atom stereocenters. The van der Waals surface area contributed by atoms with Gasteiger partial charge in [-0.05, 0) is 79.1 Å². The molecule has 1 atom stereocenters. The maximum absolute atomic E-state index is 13.6. The third-order valence-electron chi connectivity index (χ3n) is 6.18. The number of amides is 1. The average Bonchev–Trinajstić information content (AvgIpc) is 2.92.